The lowest BCUT2D eigenvalue weighted by Gasteiger charge is -2.18. The summed E-state index contributed by atoms with van der Waals surface area (Å²) in [5.74, 6) is 0.784. The lowest BCUT2D eigenvalue weighted by Crippen LogP contribution is -2.20. The molecular weight excluding hydrogens is 162 g/mol. The van der Waals surface area contributed by atoms with Crippen LogP contribution in [0.25, 0.3) is 0 Å². The van der Waals surface area contributed by atoms with Gasteiger partial charge in [-0.3, -0.25) is 0 Å². The molecule has 2 rings (SSSR count). The molecular formula is C11H13NO. The molecule has 0 spiro atoms. The maximum Gasteiger partial charge on any atom is 0.181 e. The van der Waals surface area contributed by atoms with Gasteiger partial charge in [0.15, 0.2) is 5.90 Å². The molecule has 0 N–H and O–H groups in total. The van der Waals surface area contributed by atoms with Gasteiger partial charge in [0, 0.05) is 6.92 Å². The van der Waals surface area contributed by atoms with Crippen LogP contribution in [0.3, 0.4) is 0 Å². The number of aliphatic imine (C=N–C) groups is 1. The third-order valence-corrected chi connectivity index (χ3v) is 2.36. The van der Waals surface area contributed by atoms with Crippen LogP contribution in [-0.4, -0.2) is 12.5 Å². The summed E-state index contributed by atoms with van der Waals surface area (Å²) < 4.78 is 5.37. The van der Waals surface area contributed by atoms with Gasteiger partial charge in [-0.25, -0.2) is 4.99 Å². The highest BCUT2D eigenvalue weighted by Crippen LogP contribution is 2.29. The highest BCUT2D eigenvalue weighted by Gasteiger charge is 2.31. The smallest absolute Gasteiger partial charge is 0.181 e. The number of nitrogens with zero attached hydrogens (tertiary/aromatic N) is 1. The Hall–Kier alpha value is -1.31. The van der Waals surface area contributed by atoms with Crippen LogP contribution in [0.5, 0.6) is 0 Å². The van der Waals surface area contributed by atoms with Crippen molar-refractivity contribution in [3.05, 3.63) is 35.9 Å². The molecule has 1 aromatic carbocycles. The molecule has 0 fully saturated rings. The molecule has 13 heavy (non-hydrogen) atoms. The van der Waals surface area contributed by atoms with Crippen LogP contribution < -0.4 is 0 Å². The third-order valence-electron chi connectivity index (χ3n) is 2.36. The average molecular weight is 175 g/mol. The molecule has 2 nitrogen and oxygen atoms in total. The van der Waals surface area contributed by atoms with Crippen LogP contribution in [0.4, 0.5) is 0 Å². The van der Waals surface area contributed by atoms with E-state index < -0.39 is 0 Å². The van der Waals surface area contributed by atoms with Crippen molar-refractivity contribution in [3.63, 3.8) is 0 Å². The van der Waals surface area contributed by atoms with E-state index in [4.69, 9.17) is 4.74 Å². The summed E-state index contributed by atoms with van der Waals surface area (Å²) in [6.07, 6.45) is 0. The van der Waals surface area contributed by atoms with Crippen molar-refractivity contribution in [1.29, 1.82) is 0 Å². The van der Waals surface area contributed by atoms with Crippen molar-refractivity contribution in [1.82, 2.24) is 0 Å². The van der Waals surface area contributed by atoms with Crippen molar-refractivity contribution in [2.75, 3.05) is 6.61 Å². The molecule has 2 heteroatoms. The number of rotatable bonds is 1. The number of hydrogen-bond acceptors (Lipinski definition) is 2. The zero-order valence-electron chi connectivity index (χ0n) is 7.95. The van der Waals surface area contributed by atoms with Gasteiger partial charge in [0.1, 0.15) is 12.1 Å². The third kappa shape index (κ3) is 1.44. The highest BCUT2D eigenvalue weighted by molar-refractivity contribution is 5.75. The largest absolute Gasteiger partial charge is 0.478 e. The molecule has 68 valence electrons. The minimum absolute atomic E-state index is 0.175. The van der Waals surface area contributed by atoms with E-state index in [9.17, 15) is 0 Å². The Kier molecular flexibility index (Phi) is 1.83. The first kappa shape index (κ1) is 8.30. The Morgan fingerprint density at radius 2 is 2.00 bits per heavy atom. The maximum atomic E-state index is 5.37. The summed E-state index contributed by atoms with van der Waals surface area (Å²) in [4.78, 5) is 4.49. The second-order valence-electron chi connectivity index (χ2n) is 3.56. The summed E-state index contributed by atoms with van der Waals surface area (Å²) in [6.45, 7) is 4.65. The van der Waals surface area contributed by atoms with E-state index in [0.29, 0.717) is 6.61 Å². The second-order valence-corrected chi connectivity index (χ2v) is 3.56. The van der Waals surface area contributed by atoms with E-state index in [-0.39, 0.29) is 5.54 Å². The predicted molar refractivity (Wildman–Crippen MR) is 52.9 cm³/mol. The fourth-order valence-electron chi connectivity index (χ4n) is 1.60. The van der Waals surface area contributed by atoms with Gasteiger partial charge in [0.25, 0.3) is 0 Å². The average Bonchev–Trinajstić information content (AvgIpc) is 2.49. The van der Waals surface area contributed by atoms with Gasteiger partial charge in [-0.05, 0) is 12.5 Å². The Balaban J connectivity index is 2.37. The van der Waals surface area contributed by atoms with E-state index in [2.05, 4.69) is 24.0 Å². The van der Waals surface area contributed by atoms with Crippen LogP contribution in [-0.2, 0) is 10.3 Å². The molecule has 0 amide bonds. The van der Waals surface area contributed by atoms with E-state index in [1.165, 1.54) is 5.56 Å². The minimum atomic E-state index is -0.175. The maximum absolute atomic E-state index is 5.37. The van der Waals surface area contributed by atoms with Crippen molar-refractivity contribution in [3.8, 4) is 0 Å². The second kappa shape index (κ2) is 2.87. The first-order valence-electron chi connectivity index (χ1n) is 4.45. The summed E-state index contributed by atoms with van der Waals surface area (Å²) in [7, 11) is 0. The summed E-state index contributed by atoms with van der Waals surface area (Å²) in [5.41, 5.74) is 1.04. The Morgan fingerprint density at radius 3 is 2.54 bits per heavy atom. The molecule has 0 saturated heterocycles. The number of benzene rings is 1. The van der Waals surface area contributed by atoms with Gasteiger partial charge in [-0.1, -0.05) is 30.3 Å². The van der Waals surface area contributed by atoms with Crippen LogP contribution >= 0.6 is 0 Å². The highest BCUT2D eigenvalue weighted by atomic mass is 16.5. The van der Waals surface area contributed by atoms with Crippen molar-refractivity contribution in [2.45, 2.75) is 19.4 Å². The van der Waals surface area contributed by atoms with Gasteiger partial charge in [0.05, 0.1) is 0 Å². The normalized spacial score (nSPS) is 26.8. The van der Waals surface area contributed by atoms with Crippen LogP contribution in [0.15, 0.2) is 35.3 Å². The molecule has 0 saturated carbocycles. The lowest BCUT2D eigenvalue weighted by atomic mass is 9.94. The molecule has 1 atom stereocenters. The molecule has 0 radical (unpaired) electrons. The Bertz CT molecular complexity index is 331. The van der Waals surface area contributed by atoms with Gasteiger partial charge in [0.2, 0.25) is 0 Å². The summed E-state index contributed by atoms with van der Waals surface area (Å²) >= 11 is 0. The minimum Gasteiger partial charge on any atom is -0.478 e. The van der Waals surface area contributed by atoms with Crippen LogP contribution in [0.1, 0.15) is 19.4 Å². The first-order valence-corrected chi connectivity index (χ1v) is 4.45. The quantitative estimate of drug-likeness (QED) is 0.642. The molecule has 1 aliphatic rings. The molecule has 0 aliphatic carbocycles. The van der Waals surface area contributed by atoms with Crippen molar-refractivity contribution in [2.24, 2.45) is 4.99 Å². The Labute approximate surface area is 78.3 Å². The monoisotopic (exact) mass is 175 g/mol. The van der Waals surface area contributed by atoms with Gasteiger partial charge >= 0.3 is 0 Å². The molecule has 0 unspecified atom stereocenters. The van der Waals surface area contributed by atoms with Crippen LogP contribution in [0, 0.1) is 0 Å². The molecule has 1 aliphatic heterocycles. The zero-order valence-corrected chi connectivity index (χ0v) is 7.95. The number of hydrogen-bond donors (Lipinski definition) is 0. The standard InChI is InChI=1S/C11H13NO/c1-9-12-11(2,8-13-9)10-6-4-3-5-7-10/h3-7H,8H2,1-2H3/t11-/m1/s1. The fraction of sp³-hybridized carbons (Fsp3) is 0.364. The summed E-state index contributed by atoms with van der Waals surface area (Å²) in [6, 6.07) is 10.3. The van der Waals surface area contributed by atoms with Gasteiger partial charge in [-0.2, -0.15) is 0 Å². The van der Waals surface area contributed by atoms with Gasteiger partial charge in [-0.15, -0.1) is 0 Å². The molecule has 1 aromatic rings. The summed E-state index contributed by atoms with van der Waals surface area (Å²) in [5, 5.41) is 0. The van der Waals surface area contributed by atoms with Gasteiger partial charge < -0.3 is 4.74 Å². The van der Waals surface area contributed by atoms with Crippen LogP contribution in [0.2, 0.25) is 0 Å². The predicted octanol–water partition coefficient (Wildman–Crippen LogP) is 2.35. The SMILES string of the molecule is CC1=N[C@@](C)(c2ccccc2)CO1. The lowest BCUT2D eigenvalue weighted by molar-refractivity contribution is 0.268. The first-order chi connectivity index (χ1) is 6.21. The molecule has 0 aromatic heterocycles. The zero-order chi connectivity index (χ0) is 9.31. The van der Waals surface area contributed by atoms with E-state index >= 15 is 0 Å². The van der Waals surface area contributed by atoms with Crippen molar-refractivity contribution < 1.29 is 4.74 Å². The number of ether oxygens (including phenoxy) is 1. The van der Waals surface area contributed by atoms with E-state index in [0.717, 1.165) is 5.90 Å². The van der Waals surface area contributed by atoms with Crippen molar-refractivity contribution >= 4 is 5.90 Å². The van der Waals surface area contributed by atoms with E-state index in [1.54, 1.807) is 0 Å². The fourth-order valence-corrected chi connectivity index (χ4v) is 1.60. The molecule has 0 bridgehead atoms. The molecule has 1 heterocycles. The van der Waals surface area contributed by atoms with E-state index in [1.807, 2.05) is 25.1 Å². The topological polar surface area (TPSA) is 21.6 Å². The Morgan fingerprint density at radius 1 is 1.31 bits per heavy atom.